The zero-order valence-electron chi connectivity index (χ0n) is 5.97. The molecule has 0 amide bonds. The molecule has 0 aromatic rings. The summed E-state index contributed by atoms with van der Waals surface area (Å²) in [6.45, 7) is -1.68. The number of aliphatic hydroxyl groups excluding tert-OH is 1. The average molecular weight is 197 g/mol. The van der Waals surface area contributed by atoms with Crippen LogP contribution in [0.5, 0.6) is 0 Å². The van der Waals surface area contributed by atoms with Gasteiger partial charge < -0.3 is 20.8 Å². The van der Waals surface area contributed by atoms with Gasteiger partial charge in [0, 0.05) is 0 Å². The Kier molecular flexibility index (Phi) is 4.22. The van der Waals surface area contributed by atoms with Crippen molar-refractivity contribution < 1.29 is 29.0 Å². The molecule has 0 saturated heterocycles. The van der Waals surface area contributed by atoms with E-state index in [1.54, 1.807) is 0 Å². The number of hydrogen-bond donors (Lipinski definition) is 3. The molecule has 2 unspecified atom stereocenters. The fraction of sp³-hybridized carbons (Fsp3) is 0.750. The van der Waals surface area contributed by atoms with Crippen LogP contribution < -0.4 is 10.6 Å². The predicted molar refractivity (Wildman–Crippen MR) is 35.2 cm³/mol. The van der Waals surface area contributed by atoms with Crippen molar-refractivity contribution in [2.45, 2.75) is 5.54 Å². The van der Waals surface area contributed by atoms with Crippen LogP contribution >= 0.6 is 8.25 Å². The van der Waals surface area contributed by atoms with Crippen LogP contribution in [0.1, 0.15) is 0 Å². The molecule has 0 spiro atoms. The summed E-state index contributed by atoms with van der Waals surface area (Å²) in [5, 5.41) is 16.9. The molecule has 2 atom stereocenters. The Bertz CT molecular complexity index is 196. The lowest BCUT2D eigenvalue weighted by molar-refractivity contribution is -0.187. The number of rotatable bonds is 5. The Morgan fingerprint density at radius 1 is 1.75 bits per heavy atom. The van der Waals surface area contributed by atoms with Crippen LogP contribution in [0.15, 0.2) is 0 Å². The Balaban J connectivity index is 4.15. The second-order valence-electron chi connectivity index (χ2n) is 2.12. The third kappa shape index (κ3) is 3.21. The molecular formula is C4H8NO6P. The van der Waals surface area contributed by atoms with E-state index in [0.29, 0.717) is 0 Å². The van der Waals surface area contributed by atoms with Gasteiger partial charge in [-0.1, -0.05) is 0 Å². The van der Waals surface area contributed by atoms with Gasteiger partial charge in [0.05, 0.1) is 6.61 Å². The molecule has 0 saturated carbocycles. The normalized spacial score (nSPS) is 16.8. The van der Waals surface area contributed by atoms with Crippen molar-refractivity contribution >= 4 is 14.2 Å². The minimum absolute atomic E-state index is 0.780. The number of nitrogens with two attached hydrogens (primary N) is 1. The van der Waals surface area contributed by atoms with Gasteiger partial charge in [0.25, 0.3) is 0 Å². The first-order valence-electron chi connectivity index (χ1n) is 2.83. The van der Waals surface area contributed by atoms with Crippen LogP contribution in [0.2, 0.25) is 0 Å². The lowest BCUT2D eigenvalue weighted by Crippen LogP contribution is -2.54. The van der Waals surface area contributed by atoms with Crippen molar-refractivity contribution in [1.82, 2.24) is 0 Å². The van der Waals surface area contributed by atoms with Gasteiger partial charge in [-0.3, -0.25) is 4.79 Å². The number of carbonyl (C=O) groups is 1. The summed E-state index contributed by atoms with van der Waals surface area (Å²) < 4.78 is 13.8. The molecule has 8 heteroatoms. The lowest BCUT2D eigenvalue weighted by atomic mass is 10.1. The summed E-state index contributed by atoms with van der Waals surface area (Å²) in [6, 6.07) is 0. The van der Waals surface area contributed by atoms with Gasteiger partial charge in [0.1, 0.15) is 6.61 Å². The molecule has 7 nitrogen and oxygen atoms in total. The Hall–Kier alpha value is -0.590. The first-order chi connectivity index (χ1) is 5.42. The van der Waals surface area contributed by atoms with Crippen LogP contribution in [0.3, 0.4) is 0 Å². The monoisotopic (exact) mass is 197 g/mol. The first-order valence-corrected chi connectivity index (χ1v) is 3.92. The predicted octanol–water partition coefficient (Wildman–Crippen LogP) is -2.20. The van der Waals surface area contributed by atoms with Crippen molar-refractivity contribution in [2.75, 3.05) is 13.2 Å². The topological polar surface area (TPSA) is 133 Å². The molecule has 0 heterocycles. The number of carboxylic acids is 1. The van der Waals surface area contributed by atoms with E-state index in [9.17, 15) is 14.3 Å². The molecule has 4 N–H and O–H groups in total. The van der Waals surface area contributed by atoms with Gasteiger partial charge in [-0.25, -0.2) is 0 Å². The Morgan fingerprint density at radius 2 is 2.25 bits per heavy atom. The van der Waals surface area contributed by atoms with E-state index < -0.39 is 33.0 Å². The Labute approximate surface area is 68.7 Å². The zero-order valence-corrected chi connectivity index (χ0v) is 6.86. The highest BCUT2D eigenvalue weighted by molar-refractivity contribution is 7.30. The zero-order chi connectivity index (χ0) is 9.78. The van der Waals surface area contributed by atoms with Gasteiger partial charge in [0.2, 0.25) is 0 Å². The molecule has 0 aromatic carbocycles. The van der Waals surface area contributed by atoms with Crippen molar-refractivity contribution in [2.24, 2.45) is 5.73 Å². The van der Waals surface area contributed by atoms with Crippen LogP contribution in [0.4, 0.5) is 0 Å². The molecule has 0 aliphatic heterocycles. The highest BCUT2D eigenvalue weighted by Crippen LogP contribution is 2.12. The maximum atomic E-state index is 10.3. The van der Waals surface area contributed by atoms with Crippen molar-refractivity contribution in [3.05, 3.63) is 0 Å². The third-order valence-corrected chi connectivity index (χ3v) is 1.48. The van der Waals surface area contributed by atoms with Gasteiger partial charge in [-0.05, 0) is 4.57 Å². The quantitative estimate of drug-likeness (QED) is 0.425. The highest BCUT2D eigenvalue weighted by Gasteiger charge is 2.36. The molecule has 0 fully saturated rings. The van der Waals surface area contributed by atoms with Crippen molar-refractivity contribution in [1.29, 1.82) is 0 Å². The average Bonchev–Trinajstić information content (AvgIpc) is 1.99. The fourth-order valence-electron chi connectivity index (χ4n) is 0.343. The SMILES string of the molecule is NC(CO)(CO[P+](=O)[O-])C(=O)O. The van der Waals surface area contributed by atoms with Crippen LogP contribution in [-0.4, -0.2) is 34.9 Å². The van der Waals surface area contributed by atoms with E-state index in [1.807, 2.05) is 0 Å². The smallest absolute Gasteiger partial charge is 0.488 e. The summed E-state index contributed by atoms with van der Waals surface area (Å²) in [5.41, 5.74) is 2.99. The number of carboxylic acid groups (broad SMARTS) is 1. The van der Waals surface area contributed by atoms with Crippen molar-refractivity contribution in [3.63, 3.8) is 0 Å². The maximum absolute atomic E-state index is 10.3. The van der Waals surface area contributed by atoms with Crippen molar-refractivity contribution in [3.8, 4) is 0 Å². The van der Waals surface area contributed by atoms with Gasteiger partial charge in [-0.2, -0.15) is 0 Å². The molecule has 12 heavy (non-hydrogen) atoms. The second-order valence-corrected chi connectivity index (χ2v) is 2.82. The standard InChI is InChI=1S/C4H8NO6P/c5-4(1-6,3(7)8)2-11-12(9)10/h6H,1-2,5H2,(H,7,8). The van der Waals surface area contributed by atoms with Gasteiger partial charge in [0.15, 0.2) is 5.54 Å². The molecule has 0 rings (SSSR count). The molecule has 0 aliphatic rings. The fourth-order valence-corrected chi connectivity index (χ4v) is 0.679. The summed E-state index contributed by atoms with van der Waals surface area (Å²) >= 11 is 0. The first kappa shape index (κ1) is 11.4. The summed E-state index contributed by atoms with van der Waals surface area (Å²) in [7, 11) is -3.15. The summed E-state index contributed by atoms with van der Waals surface area (Å²) in [6.07, 6.45) is 0. The Morgan fingerprint density at radius 3 is 2.50 bits per heavy atom. The lowest BCUT2D eigenvalue weighted by Gasteiger charge is -2.18. The molecular weight excluding hydrogens is 189 g/mol. The molecule has 0 radical (unpaired) electrons. The van der Waals surface area contributed by atoms with E-state index >= 15 is 0 Å². The van der Waals surface area contributed by atoms with E-state index in [4.69, 9.17) is 15.9 Å². The summed E-state index contributed by atoms with van der Waals surface area (Å²) in [5.74, 6) is -1.53. The second kappa shape index (κ2) is 4.44. The minimum Gasteiger partial charge on any atom is -0.566 e. The molecule has 0 aliphatic carbocycles. The maximum Gasteiger partial charge on any atom is 0.488 e. The number of hydrogen-bond acceptors (Lipinski definition) is 6. The minimum atomic E-state index is -3.15. The third-order valence-electron chi connectivity index (χ3n) is 1.14. The van der Waals surface area contributed by atoms with E-state index in [-0.39, 0.29) is 0 Å². The van der Waals surface area contributed by atoms with Crippen LogP contribution in [0, 0.1) is 0 Å². The highest BCUT2D eigenvalue weighted by atomic mass is 31.1. The largest absolute Gasteiger partial charge is 0.566 e. The van der Waals surface area contributed by atoms with E-state index in [1.165, 1.54) is 0 Å². The van der Waals surface area contributed by atoms with E-state index in [0.717, 1.165) is 0 Å². The van der Waals surface area contributed by atoms with Gasteiger partial charge in [-0.15, -0.1) is 4.52 Å². The number of aliphatic hydroxyl groups is 1. The van der Waals surface area contributed by atoms with E-state index in [2.05, 4.69) is 4.52 Å². The number of aliphatic carboxylic acids is 1. The molecule has 0 aromatic heterocycles. The molecule has 0 bridgehead atoms. The van der Waals surface area contributed by atoms with Gasteiger partial charge >= 0.3 is 14.2 Å². The summed E-state index contributed by atoms with van der Waals surface area (Å²) in [4.78, 5) is 20.2. The van der Waals surface area contributed by atoms with Crippen LogP contribution in [0.25, 0.3) is 0 Å². The molecule has 70 valence electrons. The van der Waals surface area contributed by atoms with Crippen LogP contribution in [-0.2, 0) is 13.9 Å².